The van der Waals surface area contributed by atoms with E-state index in [0.29, 0.717) is 15.6 Å². The number of phenolic OH excluding ortho intramolecular Hbond substituents is 1. The molecule has 0 aromatic heterocycles. The van der Waals surface area contributed by atoms with E-state index in [1.54, 1.807) is 12.1 Å². The molecule has 0 spiro atoms. The average molecular weight is 377 g/mol. The summed E-state index contributed by atoms with van der Waals surface area (Å²) in [5.41, 5.74) is 2.10. The summed E-state index contributed by atoms with van der Waals surface area (Å²) >= 11 is 12.8. The van der Waals surface area contributed by atoms with Crippen LogP contribution in [0.25, 0.3) is 0 Å². The highest BCUT2D eigenvalue weighted by molar-refractivity contribution is 6.36. The third-order valence-electron chi connectivity index (χ3n) is 4.97. The maximum absolute atomic E-state index is 11.1. The number of nitrogens with zero attached hydrogens (tertiary/aromatic N) is 1. The van der Waals surface area contributed by atoms with Crippen LogP contribution in [0.2, 0.25) is 10.0 Å². The van der Waals surface area contributed by atoms with Gasteiger partial charge in [0, 0.05) is 34.2 Å². The molecule has 2 N–H and O–H groups in total. The fourth-order valence-corrected chi connectivity index (χ4v) is 4.34. The first kappa shape index (κ1) is 16.2. The number of phenols is 1. The zero-order valence-corrected chi connectivity index (χ0v) is 14.5. The van der Waals surface area contributed by atoms with Gasteiger partial charge in [0.15, 0.2) is 0 Å². The minimum absolute atomic E-state index is 0.0235. The summed E-state index contributed by atoms with van der Waals surface area (Å²) in [6, 6.07) is 7.28. The Morgan fingerprint density at radius 2 is 1.96 bits per heavy atom. The van der Waals surface area contributed by atoms with Crippen LogP contribution in [0.4, 0.5) is 11.4 Å². The van der Waals surface area contributed by atoms with Gasteiger partial charge in [-0.2, -0.15) is 0 Å². The first-order chi connectivity index (χ1) is 12.0. The van der Waals surface area contributed by atoms with Gasteiger partial charge in [-0.3, -0.25) is 10.1 Å². The highest BCUT2D eigenvalue weighted by Gasteiger charge is 2.41. The molecule has 128 valence electrons. The minimum Gasteiger partial charge on any atom is -0.508 e. The van der Waals surface area contributed by atoms with E-state index in [-0.39, 0.29) is 29.3 Å². The standard InChI is InChI=1S/C18H14Cl2N2O3/c19-13-5-6-14(20)18-16(13)10-2-1-3-11(10)17(21-18)12-8-9(22(24)25)4-7-15(12)23/h1-2,4-8,10-11,17,21,23H,3H2. The molecule has 4 rings (SSSR count). The van der Waals surface area contributed by atoms with Crippen molar-refractivity contribution < 1.29 is 10.0 Å². The maximum Gasteiger partial charge on any atom is 0.270 e. The molecule has 0 amide bonds. The summed E-state index contributed by atoms with van der Waals surface area (Å²) in [6.45, 7) is 0. The third-order valence-corrected chi connectivity index (χ3v) is 5.62. The molecule has 3 atom stereocenters. The molecule has 2 aliphatic rings. The highest BCUT2D eigenvalue weighted by atomic mass is 35.5. The molecule has 25 heavy (non-hydrogen) atoms. The summed E-state index contributed by atoms with van der Waals surface area (Å²) in [7, 11) is 0. The van der Waals surface area contributed by atoms with Gasteiger partial charge >= 0.3 is 0 Å². The molecule has 2 aromatic rings. The van der Waals surface area contributed by atoms with Crippen molar-refractivity contribution in [3.8, 4) is 5.75 Å². The number of hydrogen-bond acceptors (Lipinski definition) is 4. The molecule has 0 radical (unpaired) electrons. The molecule has 3 unspecified atom stereocenters. The average Bonchev–Trinajstić information content (AvgIpc) is 3.07. The number of nitro groups is 1. The lowest BCUT2D eigenvalue weighted by molar-refractivity contribution is -0.385. The van der Waals surface area contributed by atoms with Crippen LogP contribution in [0.3, 0.4) is 0 Å². The molecule has 1 heterocycles. The normalized spacial score (nSPS) is 23.7. The summed E-state index contributed by atoms with van der Waals surface area (Å²) in [5, 5.41) is 26.0. The number of non-ortho nitro benzene ring substituents is 1. The zero-order valence-electron chi connectivity index (χ0n) is 12.9. The van der Waals surface area contributed by atoms with Crippen molar-refractivity contribution in [2.75, 3.05) is 5.32 Å². The number of allylic oxidation sites excluding steroid dienone is 2. The molecule has 0 bridgehead atoms. The number of nitrogens with one attached hydrogen (secondary N) is 1. The predicted molar refractivity (Wildman–Crippen MR) is 97.6 cm³/mol. The number of nitro benzene ring substituents is 1. The number of aromatic hydroxyl groups is 1. The summed E-state index contributed by atoms with van der Waals surface area (Å²) < 4.78 is 0. The Balaban J connectivity index is 1.87. The van der Waals surface area contributed by atoms with Crippen LogP contribution in [-0.2, 0) is 0 Å². The molecule has 0 saturated carbocycles. The molecular weight excluding hydrogens is 363 g/mol. The van der Waals surface area contributed by atoms with Crippen LogP contribution in [-0.4, -0.2) is 10.0 Å². The van der Waals surface area contributed by atoms with Crippen LogP contribution in [0, 0.1) is 16.0 Å². The lowest BCUT2D eigenvalue weighted by atomic mass is 9.76. The van der Waals surface area contributed by atoms with Crippen LogP contribution < -0.4 is 5.32 Å². The van der Waals surface area contributed by atoms with Gasteiger partial charge < -0.3 is 10.4 Å². The van der Waals surface area contributed by atoms with E-state index in [9.17, 15) is 15.2 Å². The smallest absolute Gasteiger partial charge is 0.270 e. The van der Waals surface area contributed by atoms with Crippen molar-refractivity contribution in [1.29, 1.82) is 0 Å². The molecule has 7 heteroatoms. The predicted octanol–water partition coefficient (Wildman–Crippen LogP) is 5.43. The van der Waals surface area contributed by atoms with Crippen molar-refractivity contribution in [3.63, 3.8) is 0 Å². The van der Waals surface area contributed by atoms with Gasteiger partial charge in [-0.15, -0.1) is 0 Å². The van der Waals surface area contributed by atoms with Crippen molar-refractivity contribution in [3.05, 3.63) is 73.8 Å². The lowest BCUT2D eigenvalue weighted by Gasteiger charge is -2.38. The maximum atomic E-state index is 11.1. The van der Waals surface area contributed by atoms with E-state index in [1.807, 2.05) is 0 Å². The van der Waals surface area contributed by atoms with Crippen LogP contribution in [0.15, 0.2) is 42.5 Å². The Bertz CT molecular complexity index is 913. The van der Waals surface area contributed by atoms with E-state index in [4.69, 9.17) is 23.2 Å². The largest absolute Gasteiger partial charge is 0.508 e. The van der Waals surface area contributed by atoms with E-state index in [1.165, 1.54) is 18.2 Å². The quantitative estimate of drug-likeness (QED) is 0.416. The van der Waals surface area contributed by atoms with E-state index >= 15 is 0 Å². The Morgan fingerprint density at radius 3 is 2.72 bits per heavy atom. The fourth-order valence-electron chi connectivity index (χ4n) is 3.84. The van der Waals surface area contributed by atoms with Crippen molar-refractivity contribution in [2.45, 2.75) is 18.4 Å². The number of halogens is 2. The molecule has 0 saturated heterocycles. The van der Waals surface area contributed by atoms with Gasteiger partial charge in [0.05, 0.1) is 21.7 Å². The minimum atomic E-state index is -0.464. The van der Waals surface area contributed by atoms with Crippen molar-refractivity contribution >= 4 is 34.6 Å². The van der Waals surface area contributed by atoms with Crippen LogP contribution in [0.1, 0.15) is 29.5 Å². The zero-order chi connectivity index (χ0) is 17.7. The van der Waals surface area contributed by atoms with E-state index < -0.39 is 4.92 Å². The van der Waals surface area contributed by atoms with Crippen LogP contribution >= 0.6 is 23.2 Å². The molecule has 5 nitrogen and oxygen atoms in total. The molecule has 0 fully saturated rings. The van der Waals surface area contributed by atoms with E-state index in [2.05, 4.69) is 17.5 Å². The topological polar surface area (TPSA) is 75.4 Å². The first-order valence-electron chi connectivity index (χ1n) is 7.85. The summed E-state index contributed by atoms with van der Waals surface area (Å²) in [4.78, 5) is 10.7. The number of rotatable bonds is 2. The Morgan fingerprint density at radius 1 is 1.20 bits per heavy atom. The molecule has 1 aliphatic carbocycles. The second-order valence-corrected chi connectivity index (χ2v) is 7.11. The van der Waals surface area contributed by atoms with Gasteiger partial charge in [0.2, 0.25) is 0 Å². The summed E-state index contributed by atoms with van der Waals surface area (Å²) in [5.74, 6) is 0.165. The number of hydrogen-bond donors (Lipinski definition) is 2. The van der Waals surface area contributed by atoms with Gasteiger partial charge in [0.25, 0.3) is 5.69 Å². The van der Waals surface area contributed by atoms with Gasteiger partial charge in [-0.25, -0.2) is 0 Å². The molecule has 2 aromatic carbocycles. The van der Waals surface area contributed by atoms with Crippen molar-refractivity contribution in [2.24, 2.45) is 5.92 Å². The van der Waals surface area contributed by atoms with Gasteiger partial charge in [-0.05, 0) is 30.5 Å². The highest BCUT2D eigenvalue weighted by Crippen LogP contribution is 2.54. The first-order valence-corrected chi connectivity index (χ1v) is 8.61. The molecular formula is C18H14Cl2N2O3. The molecule has 1 aliphatic heterocycles. The second kappa shape index (κ2) is 5.93. The monoisotopic (exact) mass is 376 g/mol. The Kier molecular flexibility index (Phi) is 3.85. The second-order valence-electron chi connectivity index (χ2n) is 6.29. The number of fused-ring (bicyclic) bond motifs is 3. The lowest BCUT2D eigenvalue weighted by Crippen LogP contribution is -2.29. The van der Waals surface area contributed by atoms with Crippen LogP contribution in [0.5, 0.6) is 5.75 Å². The Labute approximate surface area is 154 Å². The SMILES string of the molecule is O=[N+]([O-])c1ccc(O)c(C2Nc3c(Cl)ccc(Cl)c3C3C=CCC32)c1. The fraction of sp³-hybridized carbons (Fsp3) is 0.222. The van der Waals surface area contributed by atoms with Gasteiger partial charge in [0.1, 0.15) is 5.75 Å². The summed E-state index contributed by atoms with van der Waals surface area (Å²) in [6.07, 6.45) is 4.95. The number of anilines is 1. The number of benzene rings is 2. The van der Waals surface area contributed by atoms with Crippen molar-refractivity contribution in [1.82, 2.24) is 0 Å². The third kappa shape index (κ3) is 2.55. The van der Waals surface area contributed by atoms with E-state index in [0.717, 1.165) is 17.7 Å². The van der Waals surface area contributed by atoms with Gasteiger partial charge in [-0.1, -0.05) is 35.4 Å². The Hall–Kier alpha value is -2.24.